The van der Waals surface area contributed by atoms with E-state index in [0.717, 1.165) is 50.1 Å². The third kappa shape index (κ3) is 1.53. The van der Waals surface area contributed by atoms with Crippen LogP contribution in [0.2, 0.25) is 0 Å². The second-order valence-electron chi connectivity index (χ2n) is 9.73. The average molecular weight is 383 g/mol. The Morgan fingerprint density at radius 3 is 2.79 bits per heavy atom. The highest BCUT2D eigenvalue weighted by atomic mass is 16.6. The summed E-state index contributed by atoms with van der Waals surface area (Å²) >= 11 is 0. The van der Waals surface area contributed by atoms with Crippen LogP contribution in [0.4, 0.5) is 0 Å². The molecule has 150 valence electrons. The largest absolute Gasteiger partial charge is 0.493 e. The summed E-state index contributed by atoms with van der Waals surface area (Å²) in [6.07, 6.45) is 4.91. The highest BCUT2D eigenvalue weighted by Gasteiger charge is 2.80. The van der Waals surface area contributed by atoms with E-state index in [1.807, 2.05) is 0 Å². The van der Waals surface area contributed by atoms with E-state index >= 15 is 0 Å². The summed E-state index contributed by atoms with van der Waals surface area (Å²) in [4.78, 5) is 15.4. The first-order chi connectivity index (χ1) is 13.4. The molecule has 7 rings (SSSR count). The Kier molecular flexibility index (Phi) is 3.16. The van der Waals surface area contributed by atoms with Crippen molar-refractivity contribution >= 4 is 5.78 Å². The van der Waals surface area contributed by atoms with Gasteiger partial charge in [-0.3, -0.25) is 4.79 Å². The summed E-state index contributed by atoms with van der Waals surface area (Å²) in [7, 11) is 5.77. The Labute approximate surface area is 166 Å². The molecule has 6 atom stereocenters. The molecule has 0 N–H and O–H groups in total. The van der Waals surface area contributed by atoms with Gasteiger partial charge in [-0.05, 0) is 64.3 Å². The standard InChI is InChI=1S/C23H29NO4/c1-13(25)15-12-21-7-8-23(15,27-4)20-22(21)9-10-24(2)17(21)11-14-5-6-16(26-3)19(28-20)18(14)22/h5-6,15,17,20H,7-12H2,1-4H3/t15-,17-,20-,21?,22+,23+/m1/s1. The zero-order valence-electron chi connectivity index (χ0n) is 17.2. The molecule has 28 heavy (non-hydrogen) atoms. The van der Waals surface area contributed by atoms with Gasteiger partial charge in [0.15, 0.2) is 11.5 Å². The van der Waals surface area contributed by atoms with Gasteiger partial charge in [-0.1, -0.05) is 6.07 Å². The smallest absolute Gasteiger partial charge is 0.165 e. The van der Waals surface area contributed by atoms with Crippen LogP contribution in [0.15, 0.2) is 12.1 Å². The number of Topliss-reactive ketones (excluding diaryl/α,β-unsaturated/α-hetero) is 1. The summed E-state index contributed by atoms with van der Waals surface area (Å²) in [5, 5.41) is 0. The molecule has 0 amide bonds. The van der Waals surface area contributed by atoms with Crippen LogP contribution in [0.3, 0.4) is 0 Å². The lowest BCUT2D eigenvalue weighted by Crippen LogP contribution is -2.81. The van der Waals surface area contributed by atoms with Crippen molar-refractivity contribution in [3.05, 3.63) is 23.3 Å². The molecular weight excluding hydrogens is 354 g/mol. The van der Waals surface area contributed by atoms with Crippen molar-refractivity contribution in [2.45, 2.75) is 62.2 Å². The molecule has 1 aromatic rings. The Bertz CT molecular complexity index is 899. The number of rotatable bonds is 3. The van der Waals surface area contributed by atoms with E-state index in [0.29, 0.717) is 6.04 Å². The zero-order valence-corrected chi connectivity index (χ0v) is 17.2. The quantitative estimate of drug-likeness (QED) is 0.803. The molecule has 4 fully saturated rings. The zero-order chi connectivity index (χ0) is 19.5. The monoisotopic (exact) mass is 383 g/mol. The minimum Gasteiger partial charge on any atom is -0.493 e. The summed E-state index contributed by atoms with van der Waals surface area (Å²) < 4.78 is 18.8. The van der Waals surface area contributed by atoms with Gasteiger partial charge in [0.25, 0.3) is 0 Å². The molecule has 1 unspecified atom stereocenters. The van der Waals surface area contributed by atoms with Gasteiger partial charge in [-0.15, -0.1) is 0 Å². The van der Waals surface area contributed by atoms with Crippen LogP contribution in [0.1, 0.15) is 43.7 Å². The molecular formula is C23H29NO4. The number of ether oxygens (including phenoxy) is 3. The Balaban J connectivity index is 1.69. The minimum atomic E-state index is -0.535. The number of piperidine rings is 1. The second kappa shape index (κ2) is 5.11. The molecule has 1 aromatic carbocycles. The Morgan fingerprint density at radius 1 is 1.25 bits per heavy atom. The normalized spacial score (nSPS) is 44.8. The van der Waals surface area contributed by atoms with E-state index in [-0.39, 0.29) is 28.6 Å². The lowest BCUT2D eigenvalue weighted by Gasteiger charge is -2.73. The number of fused-ring (bicyclic) bond motifs is 2. The first-order valence-electron chi connectivity index (χ1n) is 10.6. The van der Waals surface area contributed by atoms with Crippen LogP contribution in [0, 0.1) is 11.3 Å². The SMILES string of the molecule is COc1ccc2c3c1O[C@H]1[C@]4(OC)CCC5(C[C@@H]4C(C)=O)[C@@H](C2)N(C)CC[C@]315. The van der Waals surface area contributed by atoms with Gasteiger partial charge < -0.3 is 19.1 Å². The van der Waals surface area contributed by atoms with E-state index < -0.39 is 5.60 Å². The van der Waals surface area contributed by atoms with E-state index in [1.54, 1.807) is 21.1 Å². The van der Waals surface area contributed by atoms with Crippen molar-refractivity contribution in [1.29, 1.82) is 0 Å². The van der Waals surface area contributed by atoms with Crippen LogP contribution >= 0.6 is 0 Å². The van der Waals surface area contributed by atoms with Crippen molar-refractivity contribution in [1.82, 2.24) is 4.90 Å². The maximum atomic E-state index is 12.8. The molecule has 6 aliphatic rings. The number of likely N-dealkylation sites (N-methyl/N-ethyl adjacent to an activating group) is 1. The molecule has 0 radical (unpaired) electrons. The third-order valence-electron chi connectivity index (χ3n) is 9.32. The molecule has 5 nitrogen and oxygen atoms in total. The number of hydrogen-bond acceptors (Lipinski definition) is 5. The first-order valence-corrected chi connectivity index (χ1v) is 10.6. The maximum Gasteiger partial charge on any atom is 0.165 e. The van der Waals surface area contributed by atoms with E-state index in [2.05, 4.69) is 24.1 Å². The number of methoxy groups -OCH3 is 2. The number of likely N-dealkylation sites (tertiary alicyclic amines) is 1. The maximum absolute atomic E-state index is 12.8. The highest BCUT2D eigenvalue weighted by Crippen LogP contribution is 2.76. The predicted molar refractivity (Wildman–Crippen MR) is 104 cm³/mol. The number of carbonyl (C=O) groups is 1. The molecule has 3 saturated carbocycles. The van der Waals surface area contributed by atoms with Gasteiger partial charge in [0.05, 0.1) is 13.0 Å². The predicted octanol–water partition coefficient (Wildman–Crippen LogP) is 2.73. The lowest BCUT2D eigenvalue weighted by molar-refractivity contribution is -0.270. The summed E-state index contributed by atoms with van der Waals surface area (Å²) in [5.41, 5.74) is 2.25. The van der Waals surface area contributed by atoms with Crippen molar-refractivity contribution in [3.8, 4) is 11.5 Å². The summed E-state index contributed by atoms with van der Waals surface area (Å²) in [6, 6.07) is 4.75. The Hall–Kier alpha value is -1.59. The molecule has 2 spiro atoms. The molecule has 0 aromatic heterocycles. The average Bonchev–Trinajstić information content (AvgIpc) is 3.07. The van der Waals surface area contributed by atoms with Gasteiger partial charge in [0.1, 0.15) is 17.5 Å². The fourth-order valence-electron chi connectivity index (χ4n) is 8.30. The van der Waals surface area contributed by atoms with Crippen LogP contribution in [0.25, 0.3) is 0 Å². The summed E-state index contributed by atoms with van der Waals surface area (Å²) in [6.45, 7) is 2.80. The van der Waals surface area contributed by atoms with Crippen LogP contribution in [-0.4, -0.2) is 56.2 Å². The van der Waals surface area contributed by atoms with E-state index in [1.165, 1.54) is 11.1 Å². The molecule has 4 aliphatic carbocycles. The van der Waals surface area contributed by atoms with Gasteiger partial charge in [-0.2, -0.15) is 0 Å². The Morgan fingerprint density at radius 2 is 2.07 bits per heavy atom. The molecule has 2 heterocycles. The van der Waals surface area contributed by atoms with Gasteiger partial charge in [0.2, 0.25) is 0 Å². The number of carbonyl (C=O) groups excluding carboxylic acids is 1. The fraction of sp³-hybridized carbons (Fsp3) is 0.696. The molecule has 1 saturated heterocycles. The third-order valence-corrected chi connectivity index (χ3v) is 9.32. The van der Waals surface area contributed by atoms with Crippen molar-refractivity contribution in [2.75, 3.05) is 27.8 Å². The van der Waals surface area contributed by atoms with Crippen LogP contribution < -0.4 is 9.47 Å². The first kappa shape index (κ1) is 17.3. The minimum absolute atomic E-state index is 0.0676. The lowest BCUT2D eigenvalue weighted by atomic mass is 9.34. The van der Waals surface area contributed by atoms with E-state index in [4.69, 9.17) is 14.2 Å². The molecule has 4 bridgehead atoms. The number of nitrogens with zero attached hydrogens (tertiary/aromatic N) is 1. The second-order valence-corrected chi connectivity index (χ2v) is 9.73. The van der Waals surface area contributed by atoms with Gasteiger partial charge >= 0.3 is 0 Å². The molecule has 2 aliphatic heterocycles. The number of ketones is 1. The number of benzene rings is 1. The van der Waals surface area contributed by atoms with Gasteiger partial charge in [-0.25, -0.2) is 0 Å². The van der Waals surface area contributed by atoms with Crippen LogP contribution in [-0.2, 0) is 21.4 Å². The van der Waals surface area contributed by atoms with Crippen molar-refractivity contribution in [2.24, 2.45) is 11.3 Å². The highest BCUT2D eigenvalue weighted by molar-refractivity contribution is 5.81. The van der Waals surface area contributed by atoms with Crippen LogP contribution in [0.5, 0.6) is 11.5 Å². The fourth-order valence-corrected chi connectivity index (χ4v) is 8.30. The van der Waals surface area contributed by atoms with Gasteiger partial charge in [0, 0.05) is 29.5 Å². The van der Waals surface area contributed by atoms with Crippen molar-refractivity contribution in [3.63, 3.8) is 0 Å². The topological polar surface area (TPSA) is 48.0 Å². The molecule has 5 heteroatoms. The van der Waals surface area contributed by atoms with Crippen molar-refractivity contribution < 1.29 is 19.0 Å². The number of hydrogen-bond donors (Lipinski definition) is 0. The summed E-state index contributed by atoms with van der Waals surface area (Å²) in [5.74, 6) is 1.89. The van der Waals surface area contributed by atoms with E-state index in [9.17, 15) is 4.79 Å².